The molecule has 2 rings (SSSR count). The zero-order valence-corrected chi connectivity index (χ0v) is 16.6. The molecular formula is C21H41NO2. The van der Waals surface area contributed by atoms with Crippen molar-refractivity contribution in [2.45, 2.75) is 79.1 Å². The highest BCUT2D eigenvalue weighted by Crippen LogP contribution is 2.61. The molecule has 2 aliphatic carbocycles. The number of rotatable bonds is 9. The summed E-state index contributed by atoms with van der Waals surface area (Å²) in [7, 11) is 0. The lowest BCUT2D eigenvalue weighted by Crippen LogP contribution is -2.50. The van der Waals surface area contributed by atoms with Gasteiger partial charge in [0, 0.05) is 13.2 Å². The van der Waals surface area contributed by atoms with Crippen LogP contribution in [-0.4, -0.2) is 48.0 Å². The van der Waals surface area contributed by atoms with Gasteiger partial charge < -0.3 is 15.1 Å². The predicted molar refractivity (Wildman–Crippen MR) is 101 cm³/mol. The molecule has 4 atom stereocenters. The van der Waals surface area contributed by atoms with Gasteiger partial charge in [-0.15, -0.1) is 0 Å². The first-order valence-electron chi connectivity index (χ1n) is 10.3. The molecule has 2 saturated carbocycles. The van der Waals surface area contributed by atoms with Crippen molar-refractivity contribution in [3.63, 3.8) is 0 Å². The Morgan fingerprint density at radius 1 is 0.875 bits per heavy atom. The van der Waals surface area contributed by atoms with E-state index in [0.717, 1.165) is 32.4 Å². The molecule has 4 unspecified atom stereocenters. The lowest BCUT2D eigenvalue weighted by Gasteiger charge is -2.57. The zero-order chi connectivity index (χ0) is 17.8. The van der Waals surface area contributed by atoms with Crippen molar-refractivity contribution in [3.8, 4) is 0 Å². The fraction of sp³-hybridized carbons (Fsp3) is 1.00. The molecule has 0 radical (unpaired) electrons. The molecule has 2 N–H and O–H groups in total. The molecule has 2 bridgehead atoms. The minimum atomic E-state index is 0.0235. The van der Waals surface area contributed by atoms with E-state index in [1.807, 2.05) is 0 Å². The lowest BCUT2D eigenvalue weighted by molar-refractivity contribution is -0.105. The van der Waals surface area contributed by atoms with Gasteiger partial charge in [0.25, 0.3) is 0 Å². The van der Waals surface area contributed by atoms with Gasteiger partial charge in [0.15, 0.2) is 0 Å². The number of aliphatic hydroxyl groups excluding tert-OH is 2. The third-order valence-corrected chi connectivity index (χ3v) is 7.00. The van der Waals surface area contributed by atoms with Crippen molar-refractivity contribution in [2.24, 2.45) is 22.2 Å². The van der Waals surface area contributed by atoms with E-state index in [-0.39, 0.29) is 17.4 Å². The second-order valence-corrected chi connectivity index (χ2v) is 9.75. The molecule has 0 aromatic carbocycles. The molecular weight excluding hydrogens is 298 g/mol. The van der Waals surface area contributed by atoms with E-state index in [1.165, 1.54) is 38.6 Å². The molecule has 0 aliphatic heterocycles. The zero-order valence-electron chi connectivity index (χ0n) is 16.6. The third kappa shape index (κ3) is 4.74. The van der Waals surface area contributed by atoms with Gasteiger partial charge in [-0.25, -0.2) is 0 Å². The molecule has 0 spiro atoms. The summed E-state index contributed by atoms with van der Waals surface area (Å²) in [5.74, 6) is 0.685. The molecule has 0 amide bonds. The maximum atomic E-state index is 10.2. The smallest absolute Gasteiger partial charge is 0.0487 e. The lowest BCUT2D eigenvalue weighted by atomic mass is 9.48. The molecule has 0 saturated heterocycles. The standard InChI is InChI=1S/C21H41NO2/c1-5-22(6-2)10-8-7-9-19(3)11-18-12-20(4,16-23)15-21(13-18,14-19)17-24/h18,23-24H,5-17H2,1-4H3. The van der Waals surface area contributed by atoms with Crippen LogP contribution >= 0.6 is 0 Å². The highest BCUT2D eigenvalue weighted by atomic mass is 16.3. The average Bonchev–Trinajstić information content (AvgIpc) is 2.54. The van der Waals surface area contributed by atoms with Crippen LogP contribution in [0.4, 0.5) is 0 Å². The van der Waals surface area contributed by atoms with Crippen LogP contribution in [0.15, 0.2) is 0 Å². The van der Waals surface area contributed by atoms with Crippen molar-refractivity contribution < 1.29 is 10.2 Å². The monoisotopic (exact) mass is 339 g/mol. The van der Waals surface area contributed by atoms with Gasteiger partial charge in [-0.3, -0.25) is 0 Å². The normalized spacial score (nSPS) is 39.4. The van der Waals surface area contributed by atoms with Crippen LogP contribution in [0.1, 0.15) is 79.1 Å². The Hall–Kier alpha value is -0.120. The fourth-order valence-corrected chi connectivity index (χ4v) is 6.30. The summed E-state index contributed by atoms with van der Waals surface area (Å²) in [5, 5.41) is 20.0. The summed E-state index contributed by atoms with van der Waals surface area (Å²) in [4.78, 5) is 2.51. The highest BCUT2D eigenvalue weighted by molar-refractivity contribution is 5.03. The SMILES string of the molecule is CCN(CC)CCCCC1(C)CC2CC(C)(CO)CC(CO)(C2)C1. The van der Waals surface area contributed by atoms with Crippen LogP contribution < -0.4 is 0 Å². The Morgan fingerprint density at radius 3 is 2.08 bits per heavy atom. The van der Waals surface area contributed by atoms with E-state index >= 15 is 0 Å². The van der Waals surface area contributed by atoms with E-state index in [0.29, 0.717) is 17.9 Å². The van der Waals surface area contributed by atoms with Crippen LogP contribution in [0, 0.1) is 22.2 Å². The second kappa shape index (κ2) is 8.05. The number of nitrogens with zero attached hydrogens (tertiary/aromatic N) is 1. The fourth-order valence-electron chi connectivity index (χ4n) is 6.30. The van der Waals surface area contributed by atoms with Gasteiger partial charge in [0.05, 0.1) is 0 Å². The van der Waals surface area contributed by atoms with Crippen LogP contribution in [0.2, 0.25) is 0 Å². The number of unbranched alkanes of at least 4 members (excludes halogenated alkanes) is 1. The molecule has 3 nitrogen and oxygen atoms in total. The van der Waals surface area contributed by atoms with E-state index < -0.39 is 0 Å². The van der Waals surface area contributed by atoms with Crippen LogP contribution in [-0.2, 0) is 0 Å². The third-order valence-electron chi connectivity index (χ3n) is 7.00. The van der Waals surface area contributed by atoms with E-state index in [2.05, 4.69) is 32.6 Å². The Morgan fingerprint density at radius 2 is 1.50 bits per heavy atom. The van der Waals surface area contributed by atoms with E-state index in [4.69, 9.17) is 0 Å². The van der Waals surface area contributed by atoms with Crippen molar-refractivity contribution in [2.75, 3.05) is 32.8 Å². The van der Waals surface area contributed by atoms with Gasteiger partial charge in [-0.1, -0.05) is 34.1 Å². The van der Waals surface area contributed by atoms with Crippen LogP contribution in [0.25, 0.3) is 0 Å². The topological polar surface area (TPSA) is 43.7 Å². The average molecular weight is 340 g/mol. The van der Waals surface area contributed by atoms with Crippen LogP contribution in [0.5, 0.6) is 0 Å². The van der Waals surface area contributed by atoms with Crippen molar-refractivity contribution in [3.05, 3.63) is 0 Å². The highest BCUT2D eigenvalue weighted by Gasteiger charge is 2.52. The van der Waals surface area contributed by atoms with Crippen molar-refractivity contribution >= 4 is 0 Å². The number of fused-ring (bicyclic) bond motifs is 2. The van der Waals surface area contributed by atoms with Crippen molar-refractivity contribution in [1.82, 2.24) is 4.90 Å². The molecule has 3 heteroatoms. The molecule has 0 heterocycles. The van der Waals surface area contributed by atoms with E-state index in [9.17, 15) is 10.2 Å². The van der Waals surface area contributed by atoms with Gasteiger partial charge in [0.1, 0.15) is 0 Å². The summed E-state index contributed by atoms with van der Waals surface area (Å²) < 4.78 is 0. The van der Waals surface area contributed by atoms with Gasteiger partial charge in [-0.2, -0.15) is 0 Å². The number of hydrogen-bond donors (Lipinski definition) is 2. The Kier molecular flexibility index (Phi) is 6.78. The van der Waals surface area contributed by atoms with Crippen LogP contribution in [0.3, 0.4) is 0 Å². The Balaban J connectivity index is 1.93. The van der Waals surface area contributed by atoms with Gasteiger partial charge >= 0.3 is 0 Å². The number of hydrogen-bond acceptors (Lipinski definition) is 3. The molecule has 142 valence electrons. The second-order valence-electron chi connectivity index (χ2n) is 9.75. The first-order valence-corrected chi connectivity index (χ1v) is 10.3. The summed E-state index contributed by atoms with van der Waals surface area (Å²) in [6, 6.07) is 0. The van der Waals surface area contributed by atoms with Gasteiger partial charge in [-0.05, 0) is 86.7 Å². The predicted octanol–water partition coefficient (Wildman–Crippen LogP) is 4.08. The molecule has 24 heavy (non-hydrogen) atoms. The molecule has 2 fully saturated rings. The Bertz CT molecular complexity index is 395. The first-order chi connectivity index (χ1) is 11.3. The first kappa shape index (κ1) is 20.2. The quantitative estimate of drug-likeness (QED) is 0.622. The van der Waals surface area contributed by atoms with Gasteiger partial charge in [0.2, 0.25) is 0 Å². The number of aliphatic hydroxyl groups is 2. The molecule has 0 aromatic heterocycles. The minimum Gasteiger partial charge on any atom is -0.396 e. The maximum absolute atomic E-state index is 10.2. The summed E-state index contributed by atoms with van der Waals surface area (Å²) in [6.07, 6.45) is 9.64. The summed E-state index contributed by atoms with van der Waals surface area (Å²) in [6.45, 7) is 13.3. The Labute approximate surface area is 149 Å². The summed E-state index contributed by atoms with van der Waals surface area (Å²) >= 11 is 0. The van der Waals surface area contributed by atoms with Crippen molar-refractivity contribution in [1.29, 1.82) is 0 Å². The minimum absolute atomic E-state index is 0.0235. The molecule has 2 aliphatic rings. The molecule has 0 aromatic rings. The summed E-state index contributed by atoms with van der Waals surface area (Å²) in [5.41, 5.74) is 0.466. The van der Waals surface area contributed by atoms with E-state index in [1.54, 1.807) is 0 Å². The maximum Gasteiger partial charge on any atom is 0.0487 e. The largest absolute Gasteiger partial charge is 0.396 e.